The maximum absolute atomic E-state index is 4.14. The van der Waals surface area contributed by atoms with Crippen molar-refractivity contribution in [2.24, 2.45) is 0 Å². The van der Waals surface area contributed by atoms with Crippen LogP contribution in [0.4, 0.5) is 5.95 Å². The summed E-state index contributed by atoms with van der Waals surface area (Å²) in [5, 5.41) is 3.34. The van der Waals surface area contributed by atoms with Gasteiger partial charge in [-0.15, -0.1) is 0 Å². The molecule has 2 rings (SSSR count). The molecule has 0 saturated carbocycles. The van der Waals surface area contributed by atoms with Crippen LogP contribution in [0.1, 0.15) is 12.8 Å². The van der Waals surface area contributed by atoms with Gasteiger partial charge in [-0.1, -0.05) is 0 Å². The van der Waals surface area contributed by atoms with Gasteiger partial charge < -0.3 is 5.32 Å². The minimum absolute atomic E-state index is 0.557. The number of nitrogens with one attached hydrogen (secondary N) is 1. The first-order chi connectivity index (χ1) is 6.45. The average Bonchev–Trinajstić information content (AvgIpc) is 2.21. The molecule has 1 aromatic heterocycles. The van der Waals surface area contributed by atoms with E-state index in [4.69, 9.17) is 0 Å². The summed E-state index contributed by atoms with van der Waals surface area (Å²) in [6.07, 6.45) is 6.08. The normalized spacial score (nSPS) is 22.6. The standard InChI is InChI=1S/C9H13N3S/c1-3-8(7-13-6-1)12-9-10-4-2-5-11-9/h2,4-5,8H,1,3,6-7H2,(H,10,11,12). The summed E-state index contributed by atoms with van der Waals surface area (Å²) in [6.45, 7) is 0. The van der Waals surface area contributed by atoms with Crippen LogP contribution < -0.4 is 5.32 Å². The molecular weight excluding hydrogens is 182 g/mol. The van der Waals surface area contributed by atoms with Gasteiger partial charge >= 0.3 is 0 Å². The first-order valence-electron chi connectivity index (χ1n) is 4.56. The van der Waals surface area contributed by atoms with Crippen LogP contribution in [0.15, 0.2) is 18.5 Å². The maximum atomic E-state index is 4.14. The molecule has 1 aliphatic rings. The van der Waals surface area contributed by atoms with Crippen molar-refractivity contribution in [3.05, 3.63) is 18.5 Å². The van der Waals surface area contributed by atoms with E-state index in [0.29, 0.717) is 6.04 Å². The Morgan fingerprint density at radius 3 is 2.92 bits per heavy atom. The van der Waals surface area contributed by atoms with Crippen LogP contribution in [0, 0.1) is 0 Å². The third-order valence-corrected chi connectivity index (χ3v) is 3.27. The zero-order valence-electron chi connectivity index (χ0n) is 7.44. The quantitative estimate of drug-likeness (QED) is 0.780. The molecule has 0 spiro atoms. The lowest BCUT2D eigenvalue weighted by Crippen LogP contribution is -2.26. The van der Waals surface area contributed by atoms with E-state index in [1.165, 1.54) is 24.3 Å². The highest BCUT2D eigenvalue weighted by molar-refractivity contribution is 7.99. The molecule has 1 N–H and O–H groups in total. The first-order valence-corrected chi connectivity index (χ1v) is 5.72. The fourth-order valence-corrected chi connectivity index (χ4v) is 2.48. The summed E-state index contributed by atoms with van der Waals surface area (Å²) >= 11 is 2.00. The summed E-state index contributed by atoms with van der Waals surface area (Å²) in [6, 6.07) is 2.39. The van der Waals surface area contributed by atoms with E-state index in [1.807, 2.05) is 17.8 Å². The minimum atomic E-state index is 0.557. The largest absolute Gasteiger partial charge is 0.351 e. The number of nitrogens with zero attached hydrogens (tertiary/aromatic N) is 2. The van der Waals surface area contributed by atoms with Gasteiger partial charge in [-0.3, -0.25) is 0 Å². The lowest BCUT2D eigenvalue weighted by molar-refractivity contribution is 0.679. The predicted molar refractivity (Wildman–Crippen MR) is 56.0 cm³/mol. The van der Waals surface area contributed by atoms with Gasteiger partial charge in [0.1, 0.15) is 0 Å². The van der Waals surface area contributed by atoms with E-state index < -0.39 is 0 Å². The second-order valence-electron chi connectivity index (χ2n) is 3.13. The maximum Gasteiger partial charge on any atom is 0.222 e. The van der Waals surface area contributed by atoms with Gasteiger partial charge in [0.15, 0.2) is 0 Å². The number of thioether (sulfide) groups is 1. The molecule has 1 aromatic rings. The van der Waals surface area contributed by atoms with E-state index in [-0.39, 0.29) is 0 Å². The van der Waals surface area contributed by atoms with Crippen LogP contribution in [0.3, 0.4) is 0 Å². The van der Waals surface area contributed by atoms with Crippen LogP contribution in [0.25, 0.3) is 0 Å². The number of anilines is 1. The van der Waals surface area contributed by atoms with Crippen molar-refractivity contribution >= 4 is 17.7 Å². The monoisotopic (exact) mass is 195 g/mol. The number of hydrogen-bond acceptors (Lipinski definition) is 4. The van der Waals surface area contributed by atoms with Crippen molar-refractivity contribution in [2.45, 2.75) is 18.9 Å². The van der Waals surface area contributed by atoms with Crippen LogP contribution >= 0.6 is 11.8 Å². The second kappa shape index (κ2) is 4.46. The van der Waals surface area contributed by atoms with Crippen molar-refractivity contribution in [3.63, 3.8) is 0 Å². The second-order valence-corrected chi connectivity index (χ2v) is 4.28. The fraction of sp³-hybridized carbons (Fsp3) is 0.556. The molecule has 13 heavy (non-hydrogen) atoms. The van der Waals surface area contributed by atoms with Crippen molar-refractivity contribution in [3.8, 4) is 0 Å². The van der Waals surface area contributed by atoms with E-state index in [2.05, 4.69) is 15.3 Å². The lowest BCUT2D eigenvalue weighted by Gasteiger charge is -2.22. The van der Waals surface area contributed by atoms with E-state index in [9.17, 15) is 0 Å². The van der Waals surface area contributed by atoms with Crippen molar-refractivity contribution in [1.29, 1.82) is 0 Å². The Bertz CT molecular complexity index is 246. The molecule has 1 atom stereocenters. The van der Waals surface area contributed by atoms with Crippen LogP contribution in [0.2, 0.25) is 0 Å². The summed E-state index contributed by atoms with van der Waals surface area (Å²) in [7, 11) is 0. The summed E-state index contributed by atoms with van der Waals surface area (Å²) in [5.41, 5.74) is 0. The smallest absolute Gasteiger partial charge is 0.222 e. The Kier molecular flexibility index (Phi) is 3.02. The Balaban J connectivity index is 1.90. The van der Waals surface area contributed by atoms with E-state index >= 15 is 0 Å². The Hall–Kier alpha value is -0.770. The summed E-state index contributed by atoms with van der Waals surface area (Å²) in [4.78, 5) is 8.28. The van der Waals surface area contributed by atoms with Gasteiger partial charge in [-0.2, -0.15) is 11.8 Å². The third-order valence-electron chi connectivity index (χ3n) is 2.06. The zero-order chi connectivity index (χ0) is 8.93. The summed E-state index contributed by atoms with van der Waals surface area (Å²) < 4.78 is 0. The SMILES string of the molecule is c1cnc(NC2CCCSC2)nc1. The van der Waals surface area contributed by atoms with Gasteiger partial charge in [0, 0.05) is 24.2 Å². The van der Waals surface area contributed by atoms with Gasteiger partial charge in [-0.25, -0.2) is 9.97 Å². The molecular formula is C9H13N3S. The number of rotatable bonds is 2. The van der Waals surface area contributed by atoms with Gasteiger partial charge in [0.05, 0.1) is 0 Å². The molecule has 0 aliphatic carbocycles. The van der Waals surface area contributed by atoms with Crippen molar-refractivity contribution in [1.82, 2.24) is 9.97 Å². The molecule has 3 nitrogen and oxygen atoms in total. The summed E-state index contributed by atoms with van der Waals surface area (Å²) in [5.74, 6) is 3.24. The van der Waals surface area contributed by atoms with Crippen molar-refractivity contribution in [2.75, 3.05) is 16.8 Å². The molecule has 1 aliphatic heterocycles. The molecule has 0 bridgehead atoms. The molecule has 4 heteroatoms. The van der Waals surface area contributed by atoms with Crippen molar-refractivity contribution < 1.29 is 0 Å². The Labute approximate surface area is 82.4 Å². The van der Waals surface area contributed by atoms with Gasteiger partial charge in [-0.05, 0) is 24.7 Å². The zero-order valence-corrected chi connectivity index (χ0v) is 8.26. The molecule has 1 unspecified atom stereocenters. The van der Waals surface area contributed by atoms with E-state index in [1.54, 1.807) is 12.4 Å². The molecule has 1 saturated heterocycles. The van der Waals surface area contributed by atoms with E-state index in [0.717, 1.165) is 5.95 Å². The third kappa shape index (κ3) is 2.59. The highest BCUT2D eigenvalue weighted by Gasteiger charge is 2.13. The molecule has 0 aromatic carbocycles. The highest BCUT2D eigenvalue weighted by atomic mass is 32.2. The first kappa shape index (κ1) is 8.81. The highest BCUT2D eigenvalue weighted by Crippen LogP contribution is 2.18. The van der Waals surface area contributed by atoms with Crippen LogP contribution in [-0.4, -0.2) is 27.5 Å². The molecule has 0 radical (unpaired) electrons. The molecule has 2 heterocycles. The molecule has 1 fully saturated rings. The number of hydrogen-bond donors (Lipinski definition) is 1. The Morgan fingerprint density at radius 1 is 1.38 bits per heavy atom. The molecule has 70 valence electrons. The van der Waals surface area contributed by atoms with Gasteiger partial charge in [0.25, 0.3) is 0 Å². The fourth-order valence-electron chi connectivity index (χ4n) is 1.41. The number of aromatic nitrogens is 2. The predicted octanol–water partition coefficient (Wildman–Crippen LogP) is 1.78. The topological polar surface area (TPSA) is 37.8 Å². The van der Waals surface area contributed by atoms with Crippen LogP contribution in [-0.2, 0) is 0 Å². The lowest BCUT2D eigenvalue weighted by atomic mass is 10.2. The average molecular weight is 195 g/mol. The minimum Gasteiger partial charge on any atom is -0.351 e. The van der Waals surface area contributed by atoms with Gasteiger partial charge in [0.2, 0.25) is 5.95 Å². The molecule has 0 amide bonds. The Morgan fingerprint density at radius 2 is 2.23 bits per heavy atom. The van der Waals surface area contributed by atoms with Crippen LogP contribution in [0.5, 0.6) is 0 Å².